The second-order valence-corrected chi connectivity index (χ2v) is 5.73. The zero-order valence-electron chi connectivity index (χ0n) is 12.6. The maximum atomic E-state index is 12.4. The van der Waals surface area contributed by atoms with E-state index in [2.05, 4.69) is 5.32 Å². The van der Waals surface area contributed by atoms with Gasteiger partial charge >= 0.3 is 0 Å². The van der Waals surface area contributed by atoms with Gasteiger partial charge in [0.2, 0.25) is 12.7 Å². The molecule has 4 rings (SSSR count). The highest BCUT2D eigenvalue weighted by atomic mass is 16.7. The smallest absolute Gasteiger partial charge is 0.231 e. The Kier molecular flexibility index (Phi) is 3.54. The molecule has 5 heteroatoms. The van der Waals surface area contributed by atoms with Crippen LogP contribution < -0.4 is 19.5 Å². The Bertz CT molecular complexity index is 744. The second kappa shape index (κ2) is 5.83. The van der Waals surface area contributed by atoms with Gasteiger partial charge in [-0.3, -0.25) is 4.79 Å². The molecule has 0 aromatic heterocycles. The summed E-state index contributed by atoms with van der Waals surface area (Å²) in [5, 5.41) is 2.98. The van der Waals surface area contributed by atoms with Crippen molar-refractivity contribution in [2.45, 2.75) is 13.0 Å². The van der Waals surface area contributed by atoms with Crippen molar-refractivity contribution >= 4 is 5.91 Å². The summed E-state index contributed by atoms with van der Waals surface area (Å²) in [4.78, 5) is 12.4. The molecular formula is C18H17NO4. The third-order valence-corrected chi connectivity index (χ3v) is 4.15. The Balaban J connectivity index is 1.37. The predicted octanol–water partition coefficient (Wildman–Crippen LogP) is 2.28. The van der Waals surface area contributed by atoms with E-state index in [0.717, 1.165) is 28.4 Å². The third-order valence-electron chi connectivity index (χ3n) is 4.15. The molecule has 0 bridgehead atoms. The summed E-state index contributed by atoms with van der Waals surface area (Å²) in [7, 11) is 0. The van der Waals surface area contributed by atoms with Crippen LogP contribution in [0.5, 0.6) is 17.2 Å². The highest BCUT2D eigenvalue weighted by molar-refractivity contribution is 5.79. The monoisotopic (exact) mass is 311 g/mol. The lowest BCUT2D eigenvalue weighted by Crippen LogP contribution is -2.37. The van der Waals surface area contributed by atoms with Crippen LogP contribution in [0.4, 0.5) is 0 Å². The van der Waals surface area contributed by atoms with Crippen LogP contribution in [-0.2, 0) is 17.8 Å². The molecule has 2 aliphatic heterocycles. The quantitative estimate of drug-likeness (QED) is 0.945. The molecule has 1 amide bonds. The number of hydrogen-bond acceptors (Lipinski definition) is 4. The van der Waals surface area contributed by atoms with Crippen molar-refractivity contribution in [1.82, 2.24) is 5.32 Å². The number of carbonyl (C=O) groups is 1. The molecule has 0 radical (unpaired) electrons. The first-order valence-electron chi connectivity index (χ1n) is 7.66. The number of amides is 1. The molecule has 118 valence electrons. The first-order chi connectivity index (χ1) is 11.3. The third kappa shape index (κ3) is 2.82. The van der Waals surface area contributed by atoms with Gasteiger partial charge in [0.15, 0.2) is 11.5 Å². The van der Waals surface area contributed by atoms with Crippen molar-refractivity contribution in [3.05, 3.63) is 53.6 Å². The molecule has 5 nitrogen and oxygen atoms in total. The van der Waals surface area contributed by atoms with Gasteiger partial charge in [0.05, 0.1) is 5.92 Å². The first kappa shape index (κ1) is 13.9. The Morgan fingerprint density at radius 1 is 1.04 bits per heavy atom. The number of rotatable bonds is 3. The fraction of sp³-hybridized carbons (Fsp3) is 0.278. The molecular weight excluding hydrogens is 294 g/mol. The summed E-state index contributed by atoms with van der Waals surface area (Å²) < 4.78 is 16.3. The molecule has 1 N–H and O–H groups in total. The van der Waals surface area contributed by atoms with E-state index in [4.69, 9.17) is 14.2 Å². The van der Waals surface area contributed by atoms with E-state index in [9.17, 15) is 4.79 Å². The number of carbonyl (C=O) groups excluding carboxylic acids is 1. The largest absolute Gasteiger partial charge is 0.492 e. The van der Waals surface area contributed by atoms with Gasteiger partial charge in [-0.25, -0.2) is 0 Å². The first-order valence-corrected chi connectivity index (χ1v) is 7.66. The molecule has 0 aliphatic carbocycles. The average molecular weight is 311 g/mol. The van der Waals surface area contributed by atoms with Gasteiger partial charge in [0.25, 0.3) is 0 Å². The zero-order chi connectivity index (χ0) is 15.6. The molecule has 23 heavy (non-hydrogen) atoms. The fourth-order valence-electron chi connectivity index (χ4n) is 2.88. The Hall–Kier alpha value is -2.69. The van der Waals surface area contributed by atoms with Crippen LogP contribution in [0.3, 0.4) is 0 Å². The van der Waals surface area contributed by atoms with Crippen molar-refractivity contribution in [2.24, 2.45) is 5.92 Å². The lowest BCUT2D eigenvalue weighted by atomic mass is 9.96. The summed E-state index contributed by atoms with van der Waals surface area (Å²) in [6, 6.07) is 13.6. The van der Waals surface area contributed by atoms with Crippen molar-refractivity contribution < 1.29 is 19.0 Å². The maximum absolute atomic E-state index is 12.4. The normalized spacial score (nSPS) is 18.0. The van der Waals surface area contributed by atoms with E-state index in [0.29, 0.717) is 19.6 Å². The second-order valence-electron chi connectivity index (χ2n) is 5.73. The lowest BCUT2D eigenvalue weighted by molar-refractivity contribution is -0.126. The molecule has 0 saturated carbocycles. The van der Waals surface area contributed by atoms with Crippen molar-refractivity contribution in [1.29, 1.82) is 0 Å². The van der Waals surface area contributed by atoms with Gasteiger partial charge < -0.3 is 19.5 Å². The van der Waals surface area contributed by atoms with E-state index < -0.39 is 0 Å². The number of nitrogens with one attached hydrogen (secondary N) is 1. The highest BCUT2D eigenvalue weighted by Crippen LogP contribution is 2.32. The van der Waals surface area contributed by atoms with Crippen LogP contribution >= 0.6 is 0 Å². The molecule has 2 aromatic rings. The van der Waals surface area contributed by atoms with Gasteiger partial charge in [-0.1, -0.05) is 24.3 Å². The number of benzene rings is 2. The molecule has 2 aromatic carbocycles. The van der Waals surface area contributed by atoms with Crippen LogP contribution in [-0.4, -0.2) is 19.3 Å². The van der Waals surface area contributed by atoms with Crippen LogP contribution in [0.25, 0.3) is 0 Å². The topological polar surface area (TPSA) is 56.8 Å². The summed E-state index contributed by atoms with van der Waals surface area (Å²) >= 11 is 0. The van der Waals surface area contributed by atoms with Gasteiger partial charge in [0, 0.05) is 6.54 Å². The van der Waals surface area contributed by atoms with Gasteiger partial charge in [-0.15, -0.1) is 0 Å². The SMILES string of the molecule is O=C(NCc1ccc2c(c1)OCO2)[C@H]1COc2ccccc2C1. The fourth-order valence-corrected chi connectivity index (χ4v) is 2.88. The average Bonchev–Trinajstić information content (AvgIpc) is 3.07. The van der Waals surface area contributed by atoms with E-state index >= 15 is 0 Å². The minimum absolute atomic E-state index is 0.0113. The van der Waals surface area contributed by atoms with Crippen LogP contribution in [0, 0.1) is 5.92 Å². The standard InChI is InChI=1S/C18H17NO4/c20-18(14-8-13-3-1-2-4-15(13)21-10-14)19-9-12-5-6-16-17(7-12)23-11-22-16/h1-7,14H,8-11H2,(H,19,20)/t14-/m1/s1. The van der Waals surface area contributed by atoms with Crippen LogP contribution in [0.2, 0.25) is 0 Å². The Labute approximate surface area is 134 Å². The van der Waals surface area contributed by atoms with Crippen LogP contribution in [0.15, 0.2) is 42.5 Å². The summed E-state index contributed by atoms with van der Waals surface area (Å²) in [5.74, 6) is 2.22. The van der Waals surface area contributed by atoms with Crippen molar-refractivity contribution in [3.8, 4) is 17.2 Å². The van der Waals surface area contributed by atoms with E-state index in [1.165, 1.54) is 0 Å². The van der Waals surface area contributed by atoms with E-state index in [-0.39, 0.29) is 18.6 Å². The number of para-hydroxylation sites is 1. The number of hydrogen-bond donors (Lipinski definition) is 1. The summed E-state index contributed by atoms with van der Waals surface area (Å²) in [5.41, 5.74) is 2.07. The van der Waals surface area contributed by atoms with Crippen molar-refractivity contribution in [2.75, 3.05) is 13.4 Å². The highest BCUT2D eigenvalue weighted by Gasteiger charge is 2.25. The van der Waals surface area contributed by atoms with Gasteiger partial charge in [-0.05, 0) is 35.7 Å². The molecule has 0 saturated heterocycles. The molecule has 0 fully saturated rings. The molecule has 2 heterocycles. The van der Waals surface area contributed by atoms with Crippen LogP contribution in [0.1, 0.15) is 11.1 Å². The van der Waals surface area contributed by atoms with E-state index in [1.807, 2.05) is 42.5 Å². The molecule has 2 aliphatic rings. The molecule has 0 unspecified atom stereocenters. The Morgan fingerprint density at radius 2 is 1.91 bits per heavy atom. The Morgan fingerprint density at radius 3 is 2.87 bits per heavy atom. The predicted molar refractivity (Wildman–Crippen MR) is 83.5 cm³/mol. The zero-order valence-corrected chi connectivity index (χ0v) is 12.6. The minimum atomic E-state index is -0.154. The molecule has 1 atom stereocenters. The maximum Gasteiger partial charge on any atom is 0.231 e. The summed E-state index contributed by atoms with van der Waals surface area (Å²) in [6.45, 7) is 1.14. The number of ether oxygens (including phenoxy) is 3. The van der Waals surface area contributed by atoms with E-state index in [1.54, 1.807) is 0 Å². The lowest BCUT2D eigenvalue weighted by Gasteiger charge is -2.24. The summed E-state index contributed by atoms with van der Waals surface area (Å²) in [6.07, 6.45) is 0.711. The van der Waals surface area contributed by atoms with Crippen molar-refractivity contribution in [3.63, 3.8) is 0 Å². The van der Waals surface area contributed by atoms with Gasteiger partial charge in [0.1, 0.15) is 12.4 Å². The number of fused-ring (bicyclic) bond motifs is 2. The minimum Gasteiger partial charge on any atom is -0.492 e. The molecule has 0 spiro atoms. The van der Waals surface area contributed by atoms with Gasteiger partial charge in [-0.2, -0.15) is 0 Å².